The molecule has 3 aromatic rings. The first kappa shape index (κ1) is 20.9. The number of carbonyl (C=O) groups is 2. The number of hydrogen-bond donors (Lipinski definition) is 2. The third-order valence-corrected chi connectivity index (χ3v) is 6.08. The van der Waals surface area contributed by atoms with E-state index in [1.165, 1.54) is 24.3 Å². The summed E-state index contributed by atoms with van der Waals surface area (Å²) >= 11 is 0. The molecule has 6 nitrogen and oxygen atoms in total. The maximum Gasteiger partial charge on any atom is 0.586 e. The summed E-state index contributed by atoms with van der Waals surface area (Å²) in [6.45, 7) is 1.93. The molecule has 2 aliphatic rings. The quantitative estimate of drug-likeness (QED) is 0.546. The van der Waals surface area contributed by atoms with Crippen LogP contribution in [0.25, 0.3) is 11.1 Å². The molecule has 0 atom stereocenters. The van der Waals surface area contributed by atoms with Gasteiger partial charge in [0.1, 0.15) is 0 Å². The van der Waals surface area contributed by atoms with Crippen molar-refractivity contribution >= 4 is 17.6 Å². The van der Waals surface area contributed by atoms with E-state index in [2.05, 4.69) is 14.8 Å². The van der Waals surface area contributed by atoms with Gasteiger partial charge in [0.2, 0.25) is 5.91 Å². The molecule has 1 saturated carbocycles. The molecule has 0 spiro atoms. The Morgan fingerprint density at radius 3 is 2.30 bits per heavy atom. The Labute approximate surface area is 187 Å². The lowest BCUT2D eigenvalue weighted by Crippen LogP contribution is -2.28. The number of halogens is 2. The molecule has 1 heterocycles. The van der Waals surface area contributed by atoms with Gasteiger partial charge in [0.05, 0.1) is 11.0 Å². The molecule has 0 radical (unpaired) electrons. The van der Waals surface area contributed by atoms with Gasteiger partial charge in [-0.2, -0.15) is 0 Å². The van der Waals surface area contributed by atoms with Gasteiger partial charge in [-0.25, -0.2) is 4.79 Å². The molecule has 8 heteroatoms. The molecule has 2 N–H and O–H groups in total. The third kappa shape index (κ3) is 3.77. The number of rotatable bonds is 5. The molecule has 1 fully saturated rings. The summed E-state index contributed by atoms with van der Waals surface area (Å²) in [7, 11) is 0. The van der Waals surface area contributed by atoms with E-state index in [0.717, 1.165) is 16.7 Å². The highest BCUT2D eigenvalue weighted by Crippen LogP contribution is 2.52. The molecule has 1 aliphatic carbocycles. The van der Waals surface area contributed by atoms with Crippen molar-refractivity contribution in [2.45, 2.75) is 31.5 Å². The lowest BCUT2D eigenvalue weighted by molar-refractivity contribution is -0.286. The van der Waals surface area contributed by atoms with Gasteiger partial charge in [0.25, 0.3) is 0 Å². The molecular formula is C25H19F2NO5. The number of nitrogens with one attached hydrogen (secondary N) is 1. The maximum atomic E-state index is 13.3. The van der Waals surface area contributed by atoms with E-state index in [1.54, 1.807) is 24.3 Å². The Kier molecular flexibility index (Phi) is 4.63. The normalized spacial score (nSPS) is 16.8. The van der Waals surface area contributed by atoms with Gasteiger partial charge in [0.15, 0.2) is 11.5 Å². The third-order valence-electron chi connectivity index (χ3n) is 6.08. The molecule has 3 aromatic carbocycles. The highest BCUT2D eigenvalue weighted by molar-refractivity contribution is 6.02. The van der Waals surface area contributed by atoms with E-state index >= 15 is 0 Å². The molecule has 0 bridgehead atoms. The van der Waals surface area contributed by atoms with Crippen LogP contribution in [0.1, 0.15) is 34.3 Å². The highest BCUT2D eigenvalue weighted by Gasteiger charge is 2.52. The zero-order valence-electron chi connectivity index (χ0n) is 17.5. The lowest BCUT2D eigenvalue weighted by Gasteiger charge is -2.17. The summed E-state index contributed by atoms with van der Waals surface area (Å²) in [4.78, 5) is 24.3. The largest absolute Gasteiger partial charge is 0.586 e. The molecule has 0 aromatic heterocycles. The monoisotopic (exact) mass is 451 g/mol. The average Bonchev–Trinajstić information content (AvgIpc) is 3.52. The second-order valence-electron chi connectivity index (χ2n) is 8.28. The number of anilines is 1. The van der Waals surface area contributed by atoms with E-state index in [1.807, 2.05) is 19.1 Å². The van der Waals surface area contributed by atoms with E-state index in [-0.39, 0.29) is 23.0 Å². The number of alkyl halides is 2. The zero-order chi connectivity index (χ0) is 23.4. The molecule has 0 saturated heterocycles. The zero-order valence-corrected chi connectivity index (χ0v) is 17.5. The number of carboxylic acids is 1. The number of hydrogen-bond acceptors (Lipinski definition) is 4. The molecular weight excluding hydrogens is 432 g/mol. The smallest absolute Gasteiger partial charge is 0.478 e. The predicted octanol–water partition coefficient (Wildman–Crippen LogP) is 5.35. The first-order valence-corrected chi connectivity index (χ1v) is 10.3. The average molecular weight is 451 g/mol. The number of aryl methyl sites for hydroxylation is 1. The fraction of sp³-hybridized carbons (Fsp3) is 0.200. The van der Waals surface area contributed by atoms with Crippen LogP contribution in [0.5, 0.6) is 11.5 Å². The first-order valence-electron chi connectivity index (χ1n) is 10.3. The summed E-state index contributed by atoms with van der Waals surface area (Å²) in [5.41, 5.74) is 3.21. The van der Waals surface area contributed by atoms with Crippen LogP contribution < -0.4 is 14.8 Å². The first-order chi connectivity index (χ1) is 15.7. The second-order valence-corrected chi connectivity index (χ2v) is 8.28. The fourth-order valence-corrected chi connectivity index (χ4v) is 4.07. The number of carboxylic acid groups (broad SMARTS) is 1. The molecule has 0 unspecified atom stereocenters. The second kappa shape index (κ2) is 7.30. The van der Waals surface area contributed by atoms with Gasteiger partial charge >= 0.3 is 12.3 Å². The summed E-state index contributed by atoms with van der Waals surface area (Å²) in [6, 6.07) is 16.5. The van der Waals surface area contributed by atoms with Crippen molar-refractivity contribution in [3.63, 3.8) is 0 Å². The van der Waals surface area contributed by atoms with Crippen molar-refractivity contribution in [1.82, 2.24) is 0 Å². The molecule has 33 heavy (non-hydrogen) atoms. The Bertz CT molecular complexity index is 1280. The van der Waals surface area contributed by atoms with Gasteiger partial charge in [-0.3, -0.25) is 4.79 Å². The van der Waals surface area contributed by atoms with Crippen LogP contribution in [0.3, 0.4) is 0 Å². The van der Waals surface area contributed by atoms with Gasteiger partial charge in [0, 0.05) is 5.69 Å². The van der Waals surface area contributed by atoms with Crippen molar-refractivity contribution in [2.24, 2.45) is 0 Å². The van der Waals surface area contributed by atoms with Crippen LogP contribution in [0.15, 0.2) is 60.7 Å². The molecule has 5 rings (SSSR count). The van der Waals surface area contributed by atoms with Crippen molar-refractivity contribution in [2.75, 3.05) is 5.32 Å². The Balaban J connectivity index is 1.38. The number of aromatic carboxylic acids is 1. The Morgan fingerprint density at radius 1 is 0.939 bits per heavy atom. The Hall–Kier alpha value is -3.94. The van der Waals surface area contributed by atoms with Crippen LogP contribution in [0.4, 0.5) is 14.5 Å². The summed E-state index contributed by atoms with van der Waals surface area (Å²) < 4.78 is 35.7. The SMILES string of the molecule is Cc1ccc(NC(=O)C2(c3ccc4c(c3)OC(F)(F)O4)CC2)cc1-c1ccc(C(=O)O)cc1. The number of amides is 1. The lowest BCUT2D eigenvalue weighted by atomic mass is 9.94. The van der Waals surface area contributed by atoms with Crippen molar-refractivity contribution < 1.29 is 33.0 Å². The standard InChI is InChI=1S/C25H19F2NO5/c1-14-2-8-18(13-19(14)15-3-5-16(6-4-15)22(29)30)28-23(31)24(10-11-24)17-7-9-20-21(12-17)33-25(26,27)32-20/h2-9,12-13H,10-11H2,1H3,(H,28,31)(H,29,30). The molecule has 1 amide bonds. The van der Waals surface area contributed by atoms with Crippen molar-refractivity contribution in [1.29, 1.82) is 0 Å². The summed E-state index contributed by atoms with van der Waals surface area (Å²) in [5.74, 6) is -1.37. The van der Waals surface area contributed by atoms with Crippen molar-refractivity contribution in [3.05, 3.63) is 77.4 Å². The van der Waals surface area contributed by atoms with Gasteiger partial charge in [-0.1, -0.05) is 24.3 Å². The summed E-state index contributed by atoms with van der Waals surface area (Å²) in [5, 5.41) is 12.0. The van der Waals surface area contributed by atoms with Gasteiger partial charge < -0.3 is 19.9 Å². The molecule has 1 aliphatic heterocycles. The summed E-state index contributed by atoms with van der Waals surface area (Å²) in [6.07, 6.45) is -2.53. The Morgan fingerprint density at radius 2 is 1.64 bits per heavy atom. The highest BCUT2D eigenvalue weighted by atomic mass is 19.3. The van der Waals surface area contributed by atoms with Crippen molar-refractivity contribution in [3.8, 4) is 22.6 Å². The number of carbonyl (C=O) groups excluding carboxylic acids is 1. The van der Waals surface area contributed by atoms with E-state index in [0.29, 0.717) is 24.1 Å². The van der Waals surface area contributed by atoms with Crippen LogP contribution in [-0.2, 0) is 10.2 Å². The van der Waals surface area contributed by atoms with Crippen LogP contribution in [0.2, 0.25) is 0 Å². The minimum absolute atomic E-state index is 0.0583. The maximum absolute atomic E-state index is 13.3. The molecule has 168 valence electrons. The van der Waals surface area contributed by atoms with E-state index in [4.69, 9.17) is 5.11 Å². The predicted molar refractivity (Wildman–Crippen MR) is 116 cm³/mol. The van der Waals surface area contributed by atoms with Crippen LogP contribution >= 0.6 is 0 Å². The van der Waals surface area contributed by atoms with Crippen LogP contribution in [-0.4, -0.2) is 23.3 Å². The van der Waals surface area contributed by atoms with E-state index in [9.17, 15) is 18.4 Å². The number of fused-ring (bicyclic) bond motifs is 1. The minimum atomic E-state index is -3.71. The van der Waals surface area contributed by atoms with Gasteiger partial charge in [-0.15, -0.1) is 8.78 Å². The number of benzene rings is 3. The number of ether oxygens (including phenoxy) is 2. The van der Waals surface area contributed by atoms with Crippen LogP contribution in [0, 0.1) is 6.92 Å². The minimum Gasteiger partial charge on any atom is -0.478 e. The fourth-order valence-electron chi connectivity index (χ4n) is 4.07. The van der Waals surface area contributed by atoms with Gasteiger partial charge in [-0.05, 0) is 78.4 Å². The van der Waals surface area contributed by atoms with E-state index < -0.39 is 17.7 Å². The topological polar surface area (TPSA) is 84.9 Å².